The molecule has 0 saturated heterocycles. The van der Waals surface area contributed by atoms with Crippen molar-refractivity contribution in [1.82, 2.24) is 0 Å². The van der Waals surface area contributed by atoms with Crippen molar-refractivity contribution in [2.45, 2.75) is 33.6 Å². The highest BCUT2D eigenvalue weighted by Gasteiger charge is 2.44. The zero-order valence-corrected chi connectivity index (χ0v) is 7.02. The third-order valence-corrected chi connectivity index (χ3v) is 2.75. The molecule has 1 nitrogen and oxygen atoms in total. The summed E-state index contributed by atoms with van der Waals surface area (Å²) in [7, 11) is 0. The first kappa shape index (κ1) is 7.60. The van der Waals surface area contributed by atoms with Crippen LogP contribution in [0.5, 0.6) is 0 Å². The first-order chi connectivity index (χ1) is 4.60. The molecule has 0 spiro atoms. The molecule has 0 heterocycles. The van der Waals surface area contributed by atoms with Crippen LogP contribution in [0.3, 0.4) is 0 Å². The van der Waals surface area contributed by atoms with Gasteiger partial charge in [0.15, 0.2) is 0 Å². The average Bonchev–Trinajstić information content (AvgIpc) is 1.79. The molecule has 1 saturated carbocycles. The van der Waals surface area contributed by atoms with Gasteiger partial charge in [-0.25, -0.2) is 0 Å². The Morgan fingerprint density at radius 3 is 2.10 bits per heavy atom. The van der Waals surface area contributed by atoms with Crippen LogP contribution >= 0.6 is 0 Å². The highest BCUT2D eigenvalue weighted by molar-refractivity contribution is 5.08. The van der Waals surface area contributed by atoms with E-state index in [0.29, 0.717) is 5.92 Å². The zero-order chi connectivity index (χ0) is 7.78. The summed E-state index contributed by atoms with van der Waals surface area (Å²) in [6.45, 7) is 6.52. The standard InChI is InChI=1S/C9H15N/c1-7(2)9(6-10)4-8(3)5-9/h7-8H,4-5H2,1-3H3. The largest absolute Gasteiger partial charge is 0.198 e. The van der Waals surface area contributed by atoms with E-state index in [0.717, 1.165) is 18.8 Å². The van der Waals surface area contributed by atoms with E-state index in [1.807, 2.05) is 0 Å². The molecule has 0 N–H and O–H groups in total. The van der Waals surface area contributed by atoms with E-state index >= 15 is 0 Å². The van der Waals surface area contributed by atoms with Gasteiger partial charge in [-0.2, -0.15) is 5.26 Å². The SMILES string of the molecule is CC1CC(C#N)(C(C)C)C1. The molecular weight excluding hydrogens is 122 g/mol. The molecule has 0 aliphatic heterocycles. The third kappa shape index (κ3) is 0.923. The van der Waals surface area contributed by atoms with Crippen LogP contribution in [0, 0.1) is 28.6 Å². The van der Waals surface area contributed by atoms with Gasteiger partial charge < -0.3 is 0 Å². The summed E-state index contributed by atoms with van der Waals surface area (Å²) in [5.41, 5.74) is 0.0411. The minimum atomic E-state index is 0.0411. The first-order valence-corrected chi connectivity index (χ1v) is 4.02. The molecule has 1 aliphatic rings. The number of nitrogens with zero attached hydrogens (tertiary/aromatic N) is 1. The second kappa shape index (κ2) is 2.27. The van der Waals surface area contributed by atoms with Gasteiger partial charge in [0.25, 0.3) is 0 Å². The molecule has 56 valence electrons. The molecule has 0 unspecified atom stereocenters. The van der Waals surface area contributed by atoms with Crippen LogP contribution in [0.25, 0.3) is 0 Å². The van der Waals surface area contributed by atoms with Gasteiger partial charge in [-0.05, 0) is 24.7 Å². The van der Waals surface area contributed by atoms with Crippen molar-refractivity contribution in [2.24, 2.45) is 17.3 Å². The summed E-state index contributed by atoms with van der Waals surface area (Å²) >= 11 is 0. The summed E-state index contributed by atoms with van der Waals surface area (Å²) in [4.78, 5) is 0. The molecule has 1 fully saturated rings. The van der Waals surface area contributed by atoms with Gasteiger partial charge in [0, 0.05) is 0 Å². The Morgan fingerprint density at radius 2 is 2.00 bits per heavy atom. The van der Waals surface area contributed by atoms with Crippen molar-refractivity contribution in [3.63, 3.8) is 0 Å². The minimum Gasteiger partial charge on any atom is -0.198 e. The van der Waals surface area contributed by atoms with E-state index in [1.165, 1.54) is 0 Å². The Kier molecular flexibility index (Phi) is 1.72. The number of nitriles is 1. The molecule has 0 aromatic carbocycles. The quantitative estimate of drug-likeness (QED) is 0.545. The van der Waals surface area contributed by atoms with Crippen molar-refractivity contribution in [1.29, 1.82) is 5.26 Å². The minimum absolute atomic E-state index is 0.0411. The molecule has 0 aromatic heterocycles. The summed E-state index contributed by atoms with van der Waals surface area (Å²) < 4.78 is 0. The maximum Gasteiger partial charge on any atom is 0.0692 e. The van der Waals surface area contributed by atoms with Gasteiger partial charge in [-0.3, -0.25) is 0 Å². The maximum absolute atomic E-state index is 8.87. The predicted octanol–water partition coefficient (Wildman–Crippen LogP) is 2.58. The predicted molar refractivity (Wildman–Crippen MR) is 41.3 cm³/mol. The number of rotatable bonds is 1. The van der Waals surface area contributed by atoms with Crippen molar-refractivity contribution >= 4 is 0 Å². The van der Waals surface area contributed by atoms with Crippen molar-refractivity contribution in [2.75, 3.05) is 0 Å². The van der Waals surface area contributed by atoms with Crippen LogP contribution in [-0.4, -0.2) is 0 Å². The van der Waals surface area contributed by atoms with Crippen molar-refractivity contribution < 1.29 is 0 Å². The highest BCUT2D eigenvalue weighted by Crippen LogP contribution is 2.49. The van der Waals surface area contributed by atoms with Gasteiger partial charge in [0.1, 0.15) is 0 Å². The molecule has 0 atom stereocenters. The van der Waals surface area contributed by atoms with E-state index < -0.39 is 0 Å². The lowest BCUT2D eigenvalue weighted by atomic mass is 9.58. The van der Waals surface area contributed by atoms with Crippen LogP contribution in [-0.2, 0) is 0 Å². The van der Waals surface area contributed by atoms with E-state index in [1.54, 1.807) is 0 Å². The molecule has 10 heavy (non-hydrogen) atoms. The second-order valence-corrected chi connectivity index (χ2v) is 3.94. The Bertz CT molecular complexity index is 158. The van der Waals surface area contributed by atoms with Gasteiger partial charge in [0.2, 0.25) is 0 Å². The fraction of sp³-hybridized carbons (Fsp3) is 0.889. The second-order valence-electron chi connectivity index (χ2n) is 3.94. The van der Waals surface area contributed by atoms with E-state index in [-0.39, 0.29) is 5.41 Å². The van der Waals surface area contributed by atoms with Gasteiger partial charge >= 0.3 is 0 Å². The third-order valence-electron chi connectivity index (χ3n) is 2.75. The smallest absolute Gasteiger partial charge is 0.0692 e. The monoisotopic (exact) mass is 137 g/mol. The topological polar surface area (TPSA) is 23.8 Å². The molecule has 0 aromatic rings. The van der Waals surface area contributed by atoms with Gasteiger partial charge in [0.05, 0.1) is 11.5 Å². The summed E-state index contributed by atoms with van der Waals surface area (Å²) in [6.07, 6.45) is 2.22. The summed E-state index contributed by atoms with van der Waals surface area (Å²) in [5, 5.41) is 8.87. The normalized spacial score (nSPS) is 38.9. The molecule has 1 rings (SSSR count). The number of hydrogen-bond acceptors (Lipinski definition) is 1. The Morgan fingerprint density at radius 1 is 1.50 bits per heavy atom. The Balaban J connectivity index is 2.59. The first-order valence-electron chi connectivity index (χ1n) is 4.02. The maximum atomic E-state index is 8.87. The Labute approximate surface area is 63.0 Å². The molecule has 0 radical (unpaired) electrons. The van der Waals surface area contributed by atoms with Crippen LogP contribution in [0.2, 0.25) is 0 Å². The van der Waals surface area contributed by atoms with Crippen molar-refractivity contribution in [3.8, 4) is 6.07 Å². The zero-order valence-electron chi connectivity index (χ0n) is 7.02. The van der Waals surface area contributed by atoms with Crippen LogP contribution < -0.4 is 0 Å². The summed E-state index contributed by atoms with van der Waals surface area (Å²) in [5.74, 6) is 1.32. The lowest BCUT2D eigenvalue weighted by Gasteiger charge is -2.44. The lowest BCUT2D eigenvalue weighted by molar-refractivity contribution is 0.0768. The molecule has 0 amide bonds. The molecule has 1 aliphatic carbocycles. The van der Waals surface area contributed by atoms with E-state index in [2.05, 4.69) is 26.8 Å². The fourth-order valence-electron chi connectivity index (χ4n) is 1.88. The van der Waals surface area contributed by atoms with Crippen LogP contribution in [0.1, 0.15) is 33.6 Å². The van der Waals surface area contributed by atoms with Crippen LogP contribution in [0.15, 0.2) is 0 Å². The molecule has 1 heteroatoms. The fourth-order valence-corrected chi connectivity index (χ4v) is 1.88. The Hall–Kier alpha value is -0.510. The van der Waals surface area contributed by atoms with Gasteiger partial charge in [-0.1, -0.05) is 20.8 Å². The lowest BCUT2D eigenvalue weighted by Crippen LogP contribution is -2.38. The van der Waals surface area contributed by atoms with E-state index in [4.69, 9.17) is 5.26 Å². The van der Waals surface area contributed by atoms with Gasteiger partial charge in [-0.15, -0.1) is 0 Å². The van der Waals surface area contributed by atoms with E-state index in [9.17, 15) is 0 Å². The average molecular weight is 137 g/mol. The highest BCUT2D eigenvalue weighted by atomic mass is 14.5. The molecule has 0 bridgehead atoms. The molecular formula is C9H15N. The number of hydrogen-bond donors (Lipinski definition) is 0. The summed E-state index contributed by atoms with van der Waals surface area (Å²) in [6, 6.07) is 2.44. The van der Waals surface area contributed by atoms with Crippen LogP contribution in [0.4, 0.5) is 0 Å². The van der Waals surface area contributed by atoms with Crippen molar-refractivity contribution in [3.05, 3.63) is 0 Å².